The Morgan fingerprint density at radius 3 is 2.12 bits per heavy atom. The van der Waals surface area contributed by atoms with Gasteiger partial charge in [-0.05, 0) is 49.2 Å². The van der Waals surface area contributed by atoms with Crippen molar-refractivity contribution < 1.29 is 4.74 Å². The fraction of sp³-hybridized carbons (Fsp3) is 0.143. The maximum Gasteiger partial charge on any atom is 0.128 e. The Labute approximate surface area is 115 Å². The molecule has 0 unspecified atom stereocenters. The van der Waals surface area contributed by atoms with Crippen molar-refractivity contribution in [3.8, 4) is 11.5 Å². The van der Waals surface area contributed by atoms with E-state index in [2.05, 4.69) is 15.9 Å². The minimum atomic E-state index is 0.716. The van der Waals surface area contributed by atoms with Gasteiger partial charge < -0.3 is 4.74 Å². The molecule has 0 bridgehead atoms. The summed E-state index contributed by atoms with van der Waals surface area (Å²) < 4.78 is 6.77. The third-order valence-electron chi connectivity index (χ3n) is 2.52. The number of ether oxygens (including phenoxy) is 1. The molecule has 0 N–H and O–H groups in total. The van der Waals surface area contributed by atoms with Crippen LogP contribution >= 0.6 is 27.5 Å². The molecular weight excluding hydrogens is 300 g/mol. The van der Waals surface area contributed by atoms with Gasteiger partial charge in [-0.1, -0.05) is 39.7 Å². The van der Waals surface area contributed by atoms with Gasteiger partial charge in [0.2, 0.25) is 0 Å². The van der Waals surface area contributed by atoms with E-state index < -0.39 is 0 Å². The van der Waals surface area contributed by atoms with Gasteiger partial charge in [-0.2, -0.15) is 0 Å². The van der Waals surface area contributed by atoms with Gasteiger partial charge in [0.1, 0.15) is 11.5 Å². The quantitative estimate of drug-likeness (QED) is 0.710. The van der Waals surface area contributed by atoms with Crippen molar-refractivity contribution in [2.45, 2.75) is 13.8 Å². The van der Waals surface area contributed by atoms with Gasteiger partial charge in [0, 0.05) is 9.50 Å². The van der Waals surface area contributed by atoms with Crippen LogP contribution in [0.1, 0.15) is 11.1 Å². The molecule has 0 heterocycles. The van der Waals surface area contributed by atoms with Gasteiger partial charge in [0.05, 0.1) is 0 Å². The van der Waals surface area contributed by atoms with Crippen LogP contribution in [-0.4, -0.2) is 0 Å². The third kappa shape index (κ3) is 3.02. The second kappa shape index (κ2) is 5.11. The van der Waals surface area contributed by atoms with E-state index in [4.69, 9.17) is 16.3 Å². The fourth-order valence-electron chi connectivity index (χ4n) is 1.41. The lowest BCUT2D eigenvalue weighted by Crippen LogP contribution is -1.86. The molecule has 0 saturated heterocycles. The summed E-state index contributed by atoms with van der Waals surface area (Å²) in [5, 5.41) is 0.716. The van der Waals surface area contributed by atoms with E-state index >= 15 is 0 Å². The number of rotatable bonds is 2. The molecule has 17 heavy (non-hydrogen) atoms. The highest BCUT2D eigenvalue weighted by atomic mass is 79.9. The molecule has 2 aromatic carbocycles. The molecule has 0 aliphatic heterocycles. The highest BCUT2D eigenvalue weighted by Crippen LogP contribution is 2.29. The molecule has 2 aromatic rings. The number of benzene rings is 2. The first-order valence-electron chi connectivity index (χ1n) is 5.26. The summed E-state index contributed by atoms with van der Waals surface area (Å²) in [5.41, 5.74) is 2.23. The lowest BCUT2D eigenvalue weighted by molar-refractivity contribution is 0.482. The van der Waals surface area contributed by atoms with Crippen LogP contribution in [-0.2, 0) is 0 Å². The molecule has 1 nitrogen and oxygen atoms in total. The van der Waals surface area contributed by atoms with Crippen LogP contribution in [0.2, 0.25) is 5.02 Å². The largest absolute Gasteiger partial charge is 0.457 e. The Morgan fingerprint density at radius 1 is 0.941 bits per heavy atom. The summed E-state index contributed by atoms with van der Waals surface area (Å²) in [7, 11) is 0. The molecule has 2 rings (SSSR count). The molecule has 88 valence electrons. The van der Waals surface area contributed by atoms with Gasteiger partial charge in [-0.25, -0.2) is 0 Å². The second-order valence-corrected chi connectivity index (χ2v) is 5.19. The average molecular weight is 312 g/mol. The Bertz CT molecular complexity index is 502. The topological polar surface area (TPSA) is 9.23 Å². The molecule has 0 saturated carbocycles. The van der Waals surface area contributed by atoms with Crippen LogP contribution < -0.4 is 4.74 Å². The first kappa shape index (κ1) is 12.5. The summed E-state index contributed by atoms with van der Waals surface area (Å²) in [6, 6.07) is 11.6. The van der Waals surface area contributed by atoms with Gasteiger partial charge in [-0.3, -0.25) is 0 Å². The Balaban J connectivity index is 2.25. The lowest BCUT2D eigenvalue weighted by atomic mass is 10.2. The number of halogens is 2. The Morgan fingerprint density at radius 2 is 1.53 bits per heavy atom. The summed E-state index contributed by atoms with van der Waals surface area (Å²) in [4.78, 5) is 0. The molecule has 3 heteroatoms. The van der Waals surface area contributed by atoms with E-state index in [0.717, 1.165) is 21.5 Å². The fourth-order valence-corrected chi connectivity index (χ4v) is 1.94. The second-order valence-electron chi connectivity index (χ2n) is 3.92. The summed E-state index contributed by atoms with van der Waals surface area (Å²) in [6.45, 7) is 4.01. The van der Waals surface area contributed by atoms with Crippen molar-refractivity contribution >= 4 is 27.5 Å². The molecular formula is C14H12BrClO. The third-order valence-corrected chi connectivity index (χ3v) is 3.78. The van der Waals surface area contributed by atoms with Gasteiger partial charge in [0.25, 0.3) is 0 Å². The van der Waals surface area contributed by atoms with Crippen LogP contribution in [0.3, 0.4) is 0 Å². The van der Waals surface area contributed by atoms with E-state index in [1.54, 1.807) is 0 Å². The van der Waals surface area contributed by atoms with Crippen LogP contribution in [0.15, 0.2) is 40.9 Å². The van der Waals surface area contributed by atoms with Crippen molar-refractivity contribution in [3.05, 3.63) is 57.0 Å². The molecule has 0 atom stereocenters. The van der Waals surface area contributed by atoms with E-state index in [1.165, 1.54) is 5.56 Å². The van der Waals surface area contributed by atoms with Crippen molar-refractivity contribution in [2.75, 3.05) is 0 Å². The predicted octanol–water partition coefficient (Wildman–Crippen LogP) is 5.51. The van der Waals surface area contributed by atoms with Crippen molar-refractivity contribution in [2.24, 2.45) is 0 Å². The zero-order valence-corrected chi connectivity index (χ0v) is 12.0. The molecule has 0 aromatic heterocycles. The van der Waals surface area contributed by atoms with E-state index in [-0.39, 0.29) is 0 Å². The summed E-state index contributed by atoms with van der Waals surface area (Å²) in [5.74, 6) is 1.54. The maximum absolute atomic E-state index is 6.05. The molecule has 0 aliphatic carbocycles. The highest BCUT2D eigenvalue weighted by molar-refractivity contribution is 9.10. The van der Waals surface area contributed by atoms with E-state index in [1.807, 2.05) is 50.2 Å². The van der Waals surface area contributed by atoms with Crippen molar-refractivity contribution in [3.63, 3.8) is 0 Å². The highest BCUT2D eigenvalue weighted by Gasteiger charge is 2.02. The molecule has 0 aliphatic rings. The molecule has 0 spiro atoms. The monoisotopic (exact) mass is 310 g/mol. The normalized spacial score (nSPS) is 10.4. The summed E-state index contributed by atoms with van der Waals surface area (Å²) >= 11 is 9.53. The minimum absolute atomic E-state index is 0.716. The Hall–Kier alpha value is -0.990. The van der Waals surface area contributed by atoms with E-state index in [9.17, 15) is 0 Å². The van der Waals surface area contributed by atoms with Crippen LogP contribution in [0.25, 0.3) is 0 Å². The average Bonchev–Trinajstić information content (AvgIpc) is 2.29. The molecule has 0 amide bonds. The van der Waals surface area contributed by atoms with Crippen LogP contribution in [0.5, 0.6) is 11.5 Å². The van der Waals surface area contributed by atoms with Crippen LogP contribution in [0, 0.1) is 13.8 Å². The minimum Gasteiger partial charge on any atom is -0.457 e. The smallest absolute Gasteiger partial charge is 0.128 e. The van der Waals surface area contributed by atoms with Crippen LogP contribution in [0.4, 0.5) is 0 Å². The predicted molar refractivity (Wildman–Crippen MR) is 75.1 cm³/mol. The maximum atomic E-state index is 6.05. The molecule has 0 fully saturated rings. The number of hydrogen-bond donors (Lipinski definition) is 0. The van der Waals surface area contributed by atoms with Gasteiger partial charge >= 0.3 is 0 Å². The SMILES string of the molecule is Cc1ccc(Oc2ccc(C)c(Br)c2)cc1Cl. The zero-order valence-electron chi connectivity index (χ0n) is 9.63. The Kier molecular flexibility index (Phi) is 3.75. The first-order valence-corrected chi connectivity index (χ1v) is 6.43. The van der Waals surface area contributed by atoms with Crippen molar-refractivity contribution in [1.82, 2.24) is 0 Å². The number of aryl methyl sites for hydroxylation is 2. The lowest BCUT2D eigenvalue weighted by Gasteiger charge is -2.08. The zero-order chi connectivity index (χ0) is 12.4. The summed E-state index contributed by atoms with van der Waals surface area (Å²) in [6.07, 6.45) is 0. The van der Waals surface area contributed by atoms with E-state index in [0.29, 0.717) is 5.02 Å². The standard InChI is InChI=1S/C14H12BrClO/c1-9-3-5-11(7-13(9)15)17-12-6-4-10(2)14(16)8-12/h3-8H,1-2H3. The molecule has 0 radical (unpaired) electrons. The first-order chi connectivity index (χ1) is 8.06. The van der Waals surface area contributed by atoms with Crippen molar-refractivity contribution in [1.29, 1.82) is 0 Å². The van der Waals surface area contributed by atoms with Gasteiger partial charge in [-0.15, -0.1) is 0 Å². The van der Waals surface area contributed by atoms with Gasteiger partial charge in [0.15, 0.2) is 0 Å². The number of hydrogen-bond acceptors (Lipinski definition) is 1.